The molecular formula is C11H13F3N4O2. The van der Waals surface area contributed by atoms with E-state index in [1.807, 2.05) is 0 Å². The Morgan fingerprint density at radius 3 is 2.55 bits per heavy atom. The van der Waals surface area contributed by atoms with E-state index in [9.17, 15) is 23.4 Å². The Morgan fingerprint density at radius 2 is 2.00 bits per heavy atom. The third kappa shape index (κ3) is 4.02. The number of aliphatic hydroxyl groups is 2. The van der Waals surface area contributed by atoms with Gasteiger partial charge in [0.25, 0.3) is 0 Å². The topological polar surface area (TPSA) is 115 Å². The van der Waals surface area contributed by atoms with Gasteiger partial charge in [0.05, 0.1) is 11.7 Å². The molecule has 0 aromatic heterocycles. The number of benzene rings is 1. The fourth-order valence-corrected chi connectivity index (χ4v) is 1.62. The Labute approximate surface area is 112 Å². The van der Waals surface area contributed by atoms with E-state index in [1.54, 1.807) is 0 Å². The van der Waals surface area contributed by atoms with E-state index in [-0.39, 0.29) is 18.5 Å². The SMILES string of the molecule is [N-]=[N+]=NCCC(O)C(O)c1ccc(N)c(C(F)(F)F)c1. The smallest absolute Gasteiger partial charge is 0.398 e. The molecule has 0 aliphatic carbocycles. The average molecular weight is 290 g/mol. The van der Waals surface area contributed by atoms with Crippen molar-refractivity contribution in [3.63, 3.8) is 0 Å². The lowest BCUT2D eigenvalue weighted by Gasteiger charge is -2.19. The Bertz CT molecular complexity index is 515. The first kappa shape index (κ1) is 16.1. The molecule has 4 N–H and O–H groups in total. The molecule has 9 heteroatoms. The van der Waals surface area contributed by atoms with E-state index in [4.69, 9.17) is 11.3 Å². The molecule has 0 aliphatic rings. The van der Waals surface area contributed by atoms with E-state index < -0.39 is 29.6 Å². The third-order valence-corrected chi connectivity index (χ3v) is 2.68. The van der Waals surface area contributed by atoms with Crippen LogP contribution in [0.1, 0.15) is 23.7 Å². The summed E-state index contributed by atoms with van der Waals surface area (Å²) in [6, 6.07) is 2.91. The minimum absolute atomic E-state index is 0.0725. The van der Waals surface area contributed by atoms with Gasteiger partial charge in [0.15, 0.2) is 0 Å². The van der Waals surface area contributed by atoms with Gasteiger partial charge in [0.1, 0.15) is 6.10 Å². The molecule has 0 bridgehead atoms. The van der Waals surface area contributed by atoms with E-state index in [1.165, 1.54) is 6.07 Å². The van der Waals surface area contributed by atoms with Crippen LogP contribution in [-0.2, 0) is 6.18 Å². The lowest BCUT2D eigenvalue weighted by molar-refractivity contribution is -0.137. The summed E-state index contributed by atoms with van der Waals surface area (Å²) >= 11 is 0. The van der Waals surface area contributed by atoms with Crippen molar-refractivity contribution in [2.24, 2.45) is 5.11 Å². The molecule has 0 heterocycles. The molecule has 0 radical (unpaired) electrons. The number of hydrogen-bond acceptors (Lipinski definition) is 4. The molecule has 0 spiro atoms. The predicted octanol–water partition coefficient (Wildman–Crippen LogP) is 2.38. The van der Waals surface area contributed by atoms with Crippen LogP contribution in [0.15, 0.2) is 23.3 Å². The van der Waals surface area contributed by atoms with E-state index >= 15 is 0 Å². The van der Waals surface area contributed by atoms with Gasteiger partial charge < -0.3 is 15.9 Å². The first-order valence-corrected chi connectivity index (χ1v) is 5.61. The molecule has 20 heavy (non-hydrogen) atoms. The Morgan fingerprint density at radius 1 is 1.35 bits per heavy atom. The highest BCUT2D eigenvalue weighted by Gasteiger charge is 2.34. The molecule has 0 amide bonds. The van der Waals surface area contributed by atoms with Crippen LogP contribution in [0, 0.1) is 0 Å². The van der Waals surface area contributed by atoms with Gasteiger partial charge in [-0.15, -0.1) is 0 Å². The van der Waals surface area contributed by atoms with Crippen LogP contribution in [0.5, 0.6) is 0 Å². The van der Waals surface area contributed by atoms with E-state index in [0.717, 1.165) is 6.07 Å². The zero-order valence-electron chi connectivity index (χ0n) is 10.2. The standard InChI is InChI=1S/C11H13F3N4O2/c12-11(13,14)7-5-6(1-2-8(7)15)10(20)9(19)3-4-17-18-16/h1-2,5,9-10,19-20H,3-4,15H2. The summed E-state index contributed by atoms with van der Waals surface area (Å²) in [5.41, 5.74) is 11.7. The fourth-order valence-electron chi connectivity index (χ4n) is 1.62. The summed E-state index contributed by atoms with van der Waals surface area (Å²) in [4.78, 5) is 2.46. The van der Waals surface area contributed by atoms with Crippen molar-refractivity contribution < 1.29 is 23.4 Å². The molecule has 110 valence electrons. The molecule has 0 aliphatic heterocycles. The Balaban J connectivity index is 2.93. The Kier molecular flexibility index (Phi) is 5.20. The molecule has 0 saturated carbocycles. The van der Waals surface area contributed by atoms with Crippen molar-refractivity contribution in [2.75, 3.05) is 12.3 Å². The van der Waals surface area contributed by atoms with Gasteiger partial charge >= 0.3 is 6.18 Å². The first-order valence-electron chi connectivity index (χ1n) is 5.61. The summed E-state index contributed by atoms with van der Waals surface area (Å²) in [6.45, 7) is -0.0736. The maximum Gasteiger partial charge on any atom is 0.418 e. The normalized spacial score (nSPS) is 14.4. The number of nitrogens with two attached hydrogens (primary N) is 1. The van der Waals surface area contributed by atoms with E-state index in [2.05, 4.69) is 10.0 Å². The quantitative estimate of drug-likeness (QED) is 0.334. The van der Waals surface area contributed by atoms with Gasteiger partial charge in [-0.1, -0.05) is 11.2 Å². The van der Waals surface area contributed by atoms with Gasteiger partial charge in [0, 0.05) is 17.1 Å². The van der Waals surface area contributed by atoms with Crippen molar-refractivity contribution in [3.05, 3.63) is 39.8 Å². The second-order valence-corrected chi connectivity index (χ2v) is 4.10. The van der Waals surface area contributed by atoms with Gasteiger partial charge in [-0.2, -0.15) is 13.2 Å². The van der Waals surface area contributed by atoms with Crippen molar-refractivity contribution in [1.29, 1.82) is 0 Å². The fraction of sp³-hybridized carbons (Fsp3) is 0.455. The van der Waals surface area contributed by atoms with Gasteiger partial charge in [0.2, 0.25) is 0 Å². The summed E-state index contributed by atoms with van der Waals surface area (Å²) in [7, 11) is 0. The Hall–Kier alpha value is -1.96. The highest BCUT2D eigenvalue weighted by Crippen LogP contribution is 2.35. The highest BCUT2D eigenvalue weighted by molar-refractivity contribution is 5.50. The number of aliphatic hydroxyl groups excluding tert-OH is 2. The number of hydrogen-bond donors (Lipinski definition) is 3. The molecule has 2 atom stereocenters. The number of nitrogens with zero attached hydrogens (tertiary/aromatic N) is 3. The van der Waals surface area contributed by atoms with Crippen LogP contribution in [0.2, 0.25) is 0 Å². The average Bonchev–Trinajstić information content (AvgIpc) is 2.37. The van der Waals surface area contributed by atoms with Crippen molar-refractivity contribution in [3.8, 4) is 0 Å². The van der Waals surface area contributed by atoms with Crippen molar-refractivity contribution >= 4 is 5.69 Å². The van der Waals surface area contributed by atoms with Gasteiger partial charge in [-0.25, -0.2) is 0 Å². The largest absolute Gasteiger partial charge is 0.418 e. The summed E-state index contributed by atoms with van der Waals surface area (Å²) in [5, 5.41) is 22.6. The van der Waals surface area contributed by atoms with Crippen LogP contribution in [-0.4, -0.2) is 22.9 Å². The van der Waals surface area contributed by atoms with Crippen molar-refractivity contribution in [2.45, 2.75) is 24.8 Å². The van der Waals surface area contributed by atoms with Gasteiger partial charge in [-0.05, 0) is 29.6 Å². The van der Waals surface area contributed by atoms with Crippen LogP contribution >= 0.6 is 0 Å². The minimum atomic E-state index is -4.64. The second kappa shape index (κ2) is 6.47. The number of azide groups is 1. The number of halogens is 3. The summed E-state index contributed by atoms with van der Waals surface area (Å²) in [5.74, 6) is 0. The maximum absolute atomic E-state index is 12.7. The molecule has 1 aromatic carbocycles. The molecule has 2 unspecified atom stereocenters. The molecular weight excluding hydrogens is 277 g/mol. The first-order chi connectivity index (χ1) is 9.27. The third-order valence-electron chi connectivity index (χ3n) is 2.68. The van der Waals surface area contributed by atoms with Crippen LogP contribution < -0.4 is 5.73 Å². The molecule has 6 nitrogen and oxygen atoms in total. The lowest BCUT2D eigenvalue weighted by Crippen LogP contribution is -2.20. The lowest BCUT2D eigenvalue weighted by atomic mass is 9.99. The highest BCUT2D eigenvalue weighted by atomic mass is 19.4. The number of rotatable bonds is 5. The second-order valence-electron chi connectivity index (χ2n) is 4.10. The van der Waals surface area contributed by atoms with E-state index in [0.29, 0.717) is 6.07 Å². The monoisotopic (exact) mass is 290 g/mol. The van der Waals surface area contributed by atoms with Crippen LogP contribution in [0.25, 0.3) is 10.4 Å². The summed E-state index contributed by atoms with van der Waals surface area (Å²) in [6.07, 6.45) is -7.58. The van der Waals surface area contributed by atoms with Gasteiger partial charge in [-0.3, -0.25) is 0 Å². The number of nitrogen functional groups attached to an aromatic ring is 1. The summed E-state index contributed by atoms with van der Waals surface area (Å²) < 4.78 is 38.0. The minimum Gasteiger partial charge on any atom is -0.398 e. The predicted molar refractivity (Wildman–Crippen MR) is 65.5 cm³/mol. The maximum atomic E-state index is 12.7. The zero-order chi connectivity index (χ0) is 15.3. The van der Waals surface area contributed by atoms with Crippen molar-refractivity contribution in [1.82, 2.24) is 0 Å². The molecule has 0 saturated heterocycles. The van der Waals surface area contributed by atoms with Crippen LogP contribution in [0.3, 0.4) is 0 Å². The molecule has 0 fully saturated rings. The van der Waals surface area contributed by atoms with Crippen LogP contribution in [0.4, 0.5) is 18.9 Å². The number of alkyl halides is 3. The zero-order valence-corrected chi connectivity index (χ0v) is 10.2. The molecule has 1 aromatic rings. The number of anilines is 1. The molecule has 1 rings (SSSR count).